The second-order valence-corrected chi connectivity index (χ2v) is 6.75. The molecule has 0 spiro atoms. The Morgan fingerprint density at radius 2 is 2.08 bits per heavy atom. The lowest BCUT2D eigenvalue weighted by molar-refractivity contribution is -0.156. The van der Waals surface area contributed by atoms with Crippen molar-refractivity contribution in [2.45, 2.75) is 25.4 Å². The molecule has 1 atom stereocenters. The number of aliphatic hydroxyl groups is 1. The van der Waals surface area contributed by atoms with Gasteiger partial charge in [0.2, 0.25) is 0 Å². The molecular formula is C18H16N2O4S. The highest BCUT2D eigenvalue weighted by Crippen LogP contribution is 2.38. The van der Waals surface area contributed by atoms with Crippen molar-refractivity contribution in [1.29, 1.82) is 5.26 Å². The molecule has 6 nitrogen and oxygen atoms in total. The molecule has 0 radical (unpaired) electrons. The number of carbonyl (C=O) groups excluding carboxylic acids is 2. The van der Waals surface area contributed by atoms with Gasteiger partial charge in [-0.25, -0.2) is 4.79 Å². The summed E-state index contributed by atoms with van der Waals surface area (Å²) in [6, 6.07) is 10.5. The Bertz CT molecular complexity index is 839. The van der Waals surface area contributed by atoms with Crippen LogP contribution in [0.4, 0.5) is 5.00 Å². The third-order valence-corrected chi connectivity index (χ3v) is 5.18. The zero-order chi connectivity index (χ0) is 17.8. The molecule has 1 aliphatic carbocycles. The Morgan fingerprint density at radius 1 is 1.32 bits per heavy atom. The minimum Gasteiger partial charge on any atom is -0.453 e. The number of amides is 1. The number of rotatable bonds is 5. The highest BCUT2D eigenvalue weighted by atomic mass is 32.1. The predicted molar refractivity (Wildman–Crippen MR) is 92.0 cm³/mol. The van der Waals surface area contributed by atoms with Crippen molar-refractivity contribution in [3.05, 3.63) is 51.9 Å². The van der Waals surface area contributed by atoms with Crippen LogP contribution in [-0.2, 0) is 27.2 Å². The fourth-order valence-electron chi connectivity index (χ4n) is 2.76. The van der Waals surface area contributed by atoms with Crippen molar-refractivity contribution in [3.8, 4) is 6.07 Å². The molecule has 0 fully saturated rings. The average Bonchev–Trinajstić information content (AvgIpc) is 3.20. The molecule has 0 aliphatic heterocycles. The number of nitriles is 1. The summed E-state index contributed by atoms with van der Waals surface area (Å²) in [7, 11) is 0. The van der Waals surface area contributed by atoms with Crippen LogP contribution >= 0.6 is 11.3 Å². The van der Waals surface area contributed by atoms with E-state index in [9.17, 15) is 20.0 Å². The normalized spacial score (nSPS) is 13.6. The van der Waals surface area contributed by atoms with Gasteiger partial charge in [-0.2, -0.15) is 5.26 Å². The molecule has 1 aromatic carbocycles. The van der Waals surface area contributed by atoms with Crippen molar-refractivity contribution in [2.75, 3.05) is 11.9 Å². The molecule has 25 heavy (non-hydrogen) atoms. The number of nitrogens with zero attached hydrogens (tertiary/aromatic N) is 1. The molecule has 0 saturated carbocycles. The Morgan fingerprint density at radius 3 is 2.80 bits per heavy atom. The number of thiophene rings is 1. The maximum atomic E-state index is 12.0. The zero-order valence-corrected chi connectivity index (χ0v) is 14.1. The Labute approximate surface area is 148 Å². The number of fused-ring (bicyclic) bond motifs is 1. The van der Waals surface area contributed by atoms with E-state index < -0.39 is 24.6 Å². The fourth-order valence-corrected chi connectivity index (χ4v) is 4.02. The standard InChI is InChI=1S/C18H16N2O4S/c19-9-13-12-7-4-8-14(12)25-17(13)20-15(21)10-24-18(23)16(22)11-5-2-1-3-6-11/h1-3,5-6,16,22H,4,7-8,10H2,(H,20,21)/t16-/m0/s1. The molecule has 1 amide bonds. The highest BCUT2D eigenvalue weighted by Gasteiger charge is 2.24. The summed E-state index contributed by atoms with van der Waals surface area (Å²) in [6.07, 6.45) is 1.36. The summed E-state index contributed by atoms with van der Waals surface area (Å²) < 4.78 is 4.86. The number of benzene rings is 1. The molecule has 2 N–H and O–H groups in total. The van der Waals surface area contributed by atoms with Crippen molar-refractivity contribution in [1.82, 2.24) is 0 Å². The Hall–Kier alpha value is -2.69. The van der Waals surface area contributed by atoms with Crippen LogP contribution in [0, 0.1) is 11.3 Å². The van der Waals surface area contributed by atoms with Gasteiger partial charge in [-0.1, -0.05) is 30.3 Å². The predicted octanol–water partition coefficient (Wildman–Crippen LogP) is 2.32. The minimum atomic E-state index is -1.44. The van der Waals surface area contributed by atoms with Crippen LogP contribution < -0.4 is 5.32 Å². The van der Waals surface area contributed by atoms with E-state index in [0.29, 0.717) is 16.1 Å². The smallest absolute Gasteiger partial charge is 0.340 e. The van der Waals surface area contributed by atoms with E-state index in [-0.39, 0.29) is 0 Å². The summed E-state index contributed by atoms with van der Waals surface area (Å²) in [4.78, 5) is 25.0. The highest BCUT2D eigenvalue weighted by molar-refractivity contribution is 7.16. The fraction of sp³-hybridized carbons (Fsp3) is 0.278. The van der Waals surface area contributed by atoms with E-state index in [1.165, 1.54) is 11.3 Å². The molecule has 1 aliphatic rings. The average molecular weight is 356 g/mol. The van der Waals surface area contributed by atoms with Crippen LogP contribution in [-0.4, -0.2) is 23.6 Å². The third-order valence-electron chi connectivity index (χ3n) is 3.97. The first-order chi connectivity index (χ1) is 12.1. The number of aliphatic hydroxyl groups excluding tert-OH is 1. The Balaban J connectivity index is 1.57. The number of ether oxygens (including phenoxy) is 1. The number of aryl methyl sites for hydroxylation is 1. The first-order valence-electron chi connectivity index (χ1n) is 7.84. The maximum absolute atomic E-state index is 12.0. The maximum Gasteiger partial charge on any atom is 0.340 e. The summed E-state index contributed by atoms with van der Waals surface area (Å²) in [6.45, 7) is -0.518. The number of hydrogen-bond donors (Lipinski definition) is 2. The minimum absolute atomic E-state index is 0.398. The molecule has 2 aromatic rings. The summed E-state index contributed by atoms with van der Waals surface area (Å²) in [5, 5.41) is 22.3. The lowest BCUT2D eigenvalue weighted by Gasteiger charge is -2.10. The molecule has 1 heterocycles. The van der Waals surface area contributed by atoms with E-state index in [0.717, 1.165) is 29.7 Å². The van der Waals surface area contributed by atoms with Gasteiger partial charge in [-0.05, 0) is 30.4 Å². The van der Waals surface area contributed by atoms with Crippen molar-refractivity contribution < 1.29 is 19.4 Å². The lowest BCUT2D eigenvalue weighted by Crippen LogP contribution is -2.23. The van der Waals surface area contributed by atoms with Crippen LogP contribution in [0.2, 0.25) is 0 Å². The van der Waals surface area contributed by atoms with Gasteiger partial charge in [-0.3, -0.25) is 4.79 Å². The van der Waals surface area contributed by atoms with Crippen LogP contribution in [0.1, 0.15) is 34.1 Å². The lowest BCUT2D eigenvalue weighted by atomic mass is 10.1. The van der Waals surface area contributed by atoms with Gasteiger partial charge in [-0.15, -0.1) is 11.3 Å². The van der Waals surface area contributed by atoms with Gasteiger partial charge in [0, 0.05) is 4.88 Å². The van der Waals surface area contributed by atoms with E-state index in [1.807, 2.05) is 0 Å². The number of hydrogen-bond acceptors (Lipinski definition) is 6. The number of carbonyl (C=O) groups is 2. The second kappa shape index (κ2) is 7.47. The summed E-state index contributed by atoms with van der Waals surface area (Å²) in [5.74, 6) is -1.43. The first-order valence-corrected chi connectivity index (χ1v) is 8.66. The topological polar surface area (TPSA) is 99.4 Å². The van der Waals surface area contributed by atoms with Gasteiger partial charge in [0.1, 0.15) is 11.1 Å². The van der Waals surface area contributed by atoms with E-state index in [2.05, 4.69) is 11.4 Å². The molecule has 0 saturated heterocycles. The molecule has 3 rings (SSSR count). The molecule has 128 valence electrons. The quantitative estimate of drug-likeness (QED) is 0.801. The van der Waals surface area contributed by atoms with Gasteiger partial charge in [0.15, 0.2) is 12.7 Å². The van der Waals surface area contributed by atoms with Gasteiger partial charge < -0.3 is 15.2 Å². The van der Waals surface area contributed by atoms with Crippen molar-refractivity contribution in [3.63, 3.8) is 0 Å². The van der Waals surface area contributed by atoms with Crippen LogP contribution in [0.3, 0.4) is 0 Å². The monoisotopic (exact) mass is 356 g/mol. The van der Waals surface area contributed by atoms with Crippen molar-refractivity contribution >= 4 is 28.2 Å². The number of nitrogens with one attached hydrogen (secondary N) is 1. The third kappa shape index (κ3) is 3.71. The Kier molecular flexibility index (Phi) is 5.12. The van der Waals surface area contributed by atoms with Crippen molar-refractivity contribution in [2.24, 2.45) is 0 Å². The second-order valence-electron chi connectivity index (χ2n) is 5.64. The largest absolute Gasteiger partial charge is 0.453 e. The van der Waals surface area contributed by atoms with E-state index >= 15 is 0 Å². The summed E-state index contributed by atoms with van der Waals surface area (Å²) >= 11 is 1.39. The van der Waals surface area contributed by atoms with E-state index in [1.54, 1.807) is 30.3 Å². The van der Waals surface area contributed by atoms with Crippen LogP contribution in [0.15, 0.2) is 30.3 Å². The molecular weight excluding hydrogens is 340 g/mol. The van der Waals surface area contributed by atoms with Crippen LogP contribution in [0.5, 0.6) is 0 Å². The molecule has 7 heteroatoms. The molecule has 0 unspecified atom stereocenters. The number of anilines is 1. The molecule has 0 bridgehead atoms. The zero-order valence-electron chi connectivity index (χ0n) is 13.3. The SMILES string of the molecule is N#Cc1c(NC(=O)COC(=O)[C@@H](O)c2ccccc2)sc2c1CCC2. The van der Waals surface area contributed by atoms with Gasteiger partial charge in [0.25, 0.3) is 5.91 Å². The van der Waals surface area contributed by atoms with E-state index in [4.69, 9.17) is 4.74 Å². The first kappa shape index (κ1) is 17.1. The summed E-state index contributed by atoms with van der Waals surface area (Å²) in [5.41, 5.74) is 1.91. The van der Waals surface area contributed by atoms with Gasteiger partial charge in [0.05, 0.1) is 5.56 Å². The van der Waals surface area contributed by atoms with Crippen LogP contribution in [0.25, 0.3) is 0 Å². The molecule has 1 aromatic heterocycles. The number of esters is 1. The van der Waals surface area contributed by atoms with Gasteiger partial charge >= 0.3 is 5.97 Å².